The zero-order valence-electron chi connectivity index (χ0n) is 15.0. The number of allylic oxidation sites excluding steroid dienone is 1. The Morgan fingerprint density at radius 1 is 1.18 bits per heavy atom. The Balaban J connectivity index is 1.85. The van der Waals surface area contributed by atoms with Crippen LogP contribution in [0.4, 0.5) is 0 Å². The van der Waals surface area contributed by atoms with Crippen LogP contribution in [-0.2, 0) is 23.7 Å². The van der Waals surface area contributed by atoms with Gasteiger partial charge in [-0.1, -0.05) is 12.2 Å². The third kappa shape index (κ3) is 3.44. The first-order valence-corrected chi connectivity index (χ1v) is 8.69. The van der Waals surface area contributed by atoms with Crippen molar-refractivity contribution in [2.24, 2.45) is 11.8 Å². The SMILES string of the molecule is COC(=O)C1=COC(O[C@@H]2O[C@H](CO)[C@@H](O)[C@H](O)[C@H]2O)[C@H]2[C@@H]1C=C[C@]2(O)CO. The highest BCUT2D eigenvalue weighted by molar-refractivity contribution is 5.89. The standard InChI is InChI=1S/C17H24O11/c1-25-14(23)8-5-26-15(10-7(8)2-3-17(10,24)6-19)28-16-13(22)12(21)11(20)9(4-18)27-16/h2-3,5,7,9-13,15-16,18-22,24H,4,6H2,1H3/t7-,9-,10-,11-,12+,13-,15?,16+,17+/m1/s1. The molecular formula is C17H24O11. The van der Waals surface area contributed by atoms with Crippen molar-refractivity contribution in [1.29, 1.82) is 0 Å². The van der Waals surface area contributed by atoms with Crippen LogP contribution >= 0.6 is 0 Å². The molecule has 0 radical (unpaired) electrons. The summed E-state index contributed by atoms with van der Waals surface area (Å²) in [4.78, 5) is 12.0. The number of aliphatic hydroxyl groups excluding tert-OH is 5. The van der Waals surface area contributed by atoms with Crippen LogP contribution in [0.1, 0.15) is 0 Å². The Bertz CT molecular complexity index is 647. The Morgan fingerprint density at radius 3 is 2.50 bits per heavy atom. The van der Waals surface area contributed by atoms with Crippen LogP contribution < -0.4 is 0 Å². The van der Waals surface area contributed by atoms with Gasteiger partial charge in [0, 0.05) is 5.92 Å². The molecule has 0 saturated carbocycles. The second kappa shape index (κ2) is 8.05. The molecule has 1 fully saturated rings. The molecule has 1 unspecified atom stereocenters. The van der Waals surface area contributed by atoms with Gasteiger partial charge in [-0.15, -0.1) is 0 Å². The quantitative estimate of drug-likeness (QED) is 0.200. The Kier molecular flexibility index (Phi) is 6.08. The summed E-state index contributed by atoms with van der Waals surface area (Å²) in [7, 11) is 1.19. The van der Waals surface area contributed by atoms with Crippen LogP contribution in [0.25, 0.3) is 0 Å². The summed E-state index contributed by atoms with van der Waals surface area (Å²) in [5.41, 5.74) is -1.70. The third-order valence-corrected chi connectivity index (χ3v) is 5.33. The van der Waals surface area contributed by atoms with Crippen LogP contribution in [0.2, 0.25) is 0 Å². The number of hydrogen-bond acceptors (Lipinski definition) is 11. The van der Waals surface area contributed by atoms with E-state index < -0.39 is 73.6 Å². The summed E-state index contributed by atoms with van der Waals surface area (Å²) in [6, 6.07) is 0. The van der Waals surface area contributed by atoms with Crippen LogP contribution in [-0.4, -0.2) is 99.5 Å². The topological polar surface area (TPSA) is 175 Å². The van der Waals surface area contributed by atoms with Gasteiger partial charge in [-0.05, 0) is 0 Å². The van der Waals surface area contributed by atoms with Gasteiger partial charge in [-0.3, -0.25) is 0 Å². The van der Waals surface area contributed by atoms with Crippen LogP contribution in [0.3, 0.4) is 0 Å². The van der Waals surface area contributed by atoms with Gasteiger partial charge in [0.15, 0.2) is 6.29 Å². The van der Waals surface area contributed by atoms with Gasteiger partial charge in [0.1, 0.15) is 30.0 Å². The van der Waals surface area contributed by atoms with Crippen molar-refractivity contribution in [2.45, 2.75) is 42.6 Å². The predicted molar refractivity (Wildman–Crippen MR) is 88.0 cm³/mol. The van der Waals surface area contributed by atoms with Crippen molar-refractivity contribution in [1.82, 2.24) is 0 Å². The molecule has 11 nitrogen and oxygen atoms in total. The highest BCUT2D eigenvalue weighted by Crippen LogP contribution is 2.45. The van der Waals surface area contributed by atoms with Crippen molar-refractivity contribution >= 4 is 5.97 Å². The molecule has 0 bridgehead atoms. The molecule has 0 aromatic heterocycles. The Labute approximate surface area is 160 Å². The van der Waals surface area contributed by atoms with E-state index in [0.717, 1.165) is 6.26 Å². The molecular weight excluding hydrogens is 380 g/mol. The van der Waals surface area contributed by atoms with E-state index in [1.807, 2.05) is 0 Å². The van der Waals surface area contributed by atoms with Gasteiger partial charge < -0.3 is 49.6 Å². The number of carbonyl (C=O) groups excluding carboxylic acids is 1. The first-order chi connectivity index (χ1) is 13.3. The summed E-state index contributed by atoms with van der Waals surface area (Å²) in [5, 5.41) is 59.5. The number of carbonyl (C=O) groups is 1. The average Bonchev–Trinajstić information content (AvgIpc) is 3.06. The summed E-state index contributed by atoms with van der Waals surface area (Å²) >= 11 is 0. The van der Waals surface area contributed by atoms with Crippen molar-refractivity contribution in [2.75, 3.05) is 20.3 Å². The first-order valence-electron chi connectivity index (χ1n) is 8.69. The zero-order chi connectivity index (χ0) is 20.6. The number of ether oxygens (including phenoxy) is 4. The number of rotatable bonds is 5. The van der Waals surface area contributed by atoms with E-state index in [-0.39, 0.29) is 5.57 Å². The molecule has 0 aromatic carbocycles. The van der Waals surface area contributed by atoms with Gasteiger partial charge in [-0.25, -0.2) is 4.79 Å². The van der Waals surface area contributed by atoms with Gasteiger partial charge in [0.05, 0.1) is 38.1 Å². The summed E-state index contributed by atoms with van der Waals surface area (Å²) in [6.45, 7) is -1.34. The van der Waals surface area contributed by atoms with E-state index >= 15 is 0 Å². The van der Waals surface area contributed by atoms with Gasteiger partial charge in [-0.2, -0.15) is 0 Å². The predicted octanol–water partition coefficient (Wildman–Crippen LogP) is -3.26. The van der Waals surface area contributed by atoms with Crippen LogP contribution in [0.5, 0.6) is 0 Å². The fourth-order valence-electron chi connectivity index (χ4n) is 3.71. The van der Waals surface area contributed by atoms with Gasteiger partial charge in [0.25, 0.3) is 0 Å². The third-order valence-electron chi connectivity index (χ3n) is 5.33. The minimum Gasteiger partial charge on any atom is -0.471 e. The van der Waals surface area contributed by atoms with Crippen molar-refractivity contribution in [3.8, 4) is 0 Å². The molecule has 2 heterocycles. The minimum absolute atomic E-state index is 0.0989. The van der Waals surface area contributed by atoms with Gasteiger partial charge in [0.2, 0.25) is 6.29 Å². The molecule has 1 saturated heterocycles. The monoisotopic (exact) mass is 404 g/mol. The molecule has 1 aliphatic carbocycles. The normalized spacial score (nSPS) is 45.2. The van der Waals surface area contributed by atoms with Gasteiger partial charge >= 0.3 is 5.97 Å². The Hall–Kier alpha value is -1.57. The fourth-order valence-corrected chi connectivity index (χ4v) is 3.71. The lowest BCUT2D eigenvalue weighted by atomic mass is 9.79. The smallest absolute Gasteiger partial charge is 0.337 e. The average molecular weight is 404 g/mol. The molecule has 6 N–H and O–H groups in total. The first kappa shape index (κ1) is 21.1. The van der Waals surface area contributed by atoms with E-state index in [2.05, 4.69) is 0 Å². The summed E-state index contributed by atoms with van der Waals surface area (Å²) in [5.74, 6) is -2.40. The van der Waals surface area contributed by atoms with Crippen LogP contribution in [0, 0.1) is 11.8 Å². The molecule has 0 spiro atoms. The second-order valence-electron chi connectivity index (χ2n) is 6.96. The van der Waals surface area contributed by atoms with E-state index in [1.54, 1.807) is 0 Å². The molecule has 2 aliphatic heterocycles. The minimum atomic E-state index is -1.79. The molecule has 0 amide bonds. The maximum atomic E-state index is 12.0. The fraction of sp³-hybridized carbons (Fsp3) is 0.706. The molecule has 0 aromatic rings. The maximum Gasteiger partial charge on any atom is 0.337 e. The van der Waals surface area contributed by atoms with Crippen molar-refractivity contribution in [3.63, 3.8) is 0 Å². The Morgan fingerprint density at radius 2 is 1.89 bits per heavy atom. The molecule has 3 aliphatic rings. The lowest BCUT2D eigenvalue weighted by molar-refractivity contribution is -0.346. The highest BCUT2D eigenvalue weighted by Gasteiger charge is 2.55. The molecule has 9 atom stereocenters. The lowest BCUT2D eigenvalue weighted by Crippen LogP contribution is -2.61. The lowest BCUT2D eigenvalue weighted by Gasteiger charge is -2.44. The molecule has 11 heteroatoms. The largest absolute Gasteiger partial charge is 0.471 e. The zero-order valence-corrected chi connectivity index (χ0v) is 15.0. The molecule has 28 heavy (non-hydrogen) atoms. The maximum absolute atomic E-state index is 12.0. The van der Waals surface area contributed by atoms with Crippen LogP contribution in [0.15, 0.2) is 24.0 Å². The number of hydrogen-bond donors (Lipinski definition) is 6. The van der Waals surface area contributed by atoms with E-state index in [4.69, 9.17) is 18.9 Å². The molecule has 3 rings (SSSR count). The van der Waals surface area contributed by atoms with Crippen molar-refractivity contribution < 1.29 is 54.4 Å². The summed E-state index contributed by atoms with van der Waals surface area (Å²) < 4.78 is 21.0. The number of methoxy groups -OCH3 is 1. The number of fused-ring (bicyclic) bond motifs is 1. The second-order valence-corrected chi connectivity index (χ2v) is 6.96. The van der Waals surface area contributed by atoms with E-state index in [0.29, 0.717) is 0 Å². The number of esters is 1. The molecule has 158 valence electrons. The summed E-state index contributed by atoms with van der Waals surface area (Å²) in [6.07, 6.45) is -4.99. The van der Waals surface area contributed by atoms with E-state index in [1.165, 1.54) is 19.3 Å². The van der Waals surface area contributed by atoms with E-state index in [9.17, 15) is 35.4 Å². The van der Waals surface area contributed by atoms with Crippen molar-refractivity contribution in [3.05, 3.63) is 24.0 Å². The number of aliphatic hydroxyl groups is 6. The highest BCUT2D eigenvalue weighted by atomic mass is 16.8.